The topological polar surface area (TPSA) is 48.7 Å². The quantitative estimate of drug-likeness (QED) is 0.437. The largest absolute Gasteiger partial charge is 0.496 e. The first-order valence-corrected chi connectivity index (χ1v) is 7.67. The molecule has 0 fully saturated rings. The highest BCUT2D eigenvalue weighted by atomic mass is 79.9. The molecule has 0 aliphatic heterocycles. The van der Waals surface area contributed by atoms with Crippen LogP contribution in [0, 0.1) is 0 Å². The van der Waals surface area contributed by atoms with E-state index in [1.54, 1.807) is 6.07 Å². The Balaban J connectivity index is 2.11. The molecule has 1 aromatic heterocycles. The minimum absolute atomic E-state index is 0.427. The van der Waals surface area contributed by atoms with Crippen molar-refractivity contribution in [1.29, 1.82) is 0 Å². The normalized spacial score (nSPS) is 10.7. The lowest BCUT2D eigenvalue weighted by Gasteiger charge is -2.08. The summed E-state index contributed by atoms with van der Waals surface area (Å²) in [6.07, 6.45) is 3.28. The molecule has 5 heteroatoms. The average molecular weight is 341 g/mol. The van der Waals surface area contributed by atoms with Crippen molar-refractivity contribution in [3.63, 3.8) is 0 Å². The fourth-order valence-electron chi connectivity index (χ4n) is 1.94. The fourth-order valence-corrected chi connectivity index (χ4v) is 2.33. The lowest BCUT2D eigenvalue weighted by Crippen LogP contribution is -2.00. The summed E-state index contributed by atoms with van der Waals surface area (Å²) in [5.41, 5.74) is 0.0520. The Morgan fingerprint density at radius 1 is 1.20 bits per heavy atom. The standard InChI is InChI=1S/C15H17BrO4/c1-18-13-10-15(17)20-14-9-11(5-6-12(13)14)19-8-4-2-3-7-16/h5-6,9-10H,2-4,7-8H2,1H3. The molecular formula is C15H17BrO4. The van der Waals surface area contributed by atoms with Gasteiger partial charge in [0.25, 0.3) is 0 Å². The molecule has 4 nitrogen and oxygen atoms in total. The van der Waals surface area contributed by atoms with Gasteiger partial charge in [-0.05, 0) is 31.4 Å². The van der Waals surface area contributed by atoms with Gasteiger partial charge in [0.05, 0.1) is 25.2 Å². The third-order valence-electron chi connectivity index (χ3n) is 2.94. The van der Waals surface area contributed by atoms with E-state index in [4.69, 9.17) is 13.9 Å². The monoisotopic (exact) mass is 340 g/mol. The molecule has 108 valence electrons. The summed E-state index contributed by atoms with van der Waals surface area (Å²) in [5, 5.41) is 1.78. The molecule has 2 aromatic rings. The summed E-state index contributed by atoms with van der Waals surface area (Å²) in [7, 11) is 1.53. The predicted molar refractivity (Wildman–Crippen MR) is 82.2 cm³/mol. The van der Waals surface area contributed by atoms with E-state index in [1.165, 1.54) is 13.2 Å². The third-order valence-corrected chi connectivity index (χ3v) is 3.51. The molecule has 0 saturated heterocycles. The van der Waals surface area contributed by atoms with Crippen LogP contribution in [0.2, 0.25) is 0 Å². The zero-order chi connectivity index (χ0) is 14.4. The molecule has 0 N–H and O–H groups in total. The van der Waals surface area contributed by atoms with Crippen molar-refractivity contribution in [3.8, 4) is 11.5 Å². The second kappa shape index (κ2) is 7.33. The molecule has 0 unspecified atom stereocenters. The molecule has 0 atom stereocenters. The van der Waals surface area contributed by atoms with Crippen LogP contribution in [0.5, 0.6) is 11.5 Å². The van der Waals surface area contributed by atoms with Crippen LogP contribution in [-0.2, 0) is 0 Å². The van der Waals surface area contributed by atoms with Crippen LogP contribution < -0.4 is 15.1 Å². The summed E-state index contributed by atoms with van der Waals surface area (Å²) in [6.45, 7) is 0.659. The zero-order valence-electron chi connectivity index (χ0n) is 11.4. The van der Waals surface area contributed by atoms with Crippen molar-refractivity contribution in [2.24, 2.45) is 0 Å². The molecule has 0 aliphatic carbocycles. The van der Waals surface area contributed by atoms with E-state index in [-0.39, 0.29) is 0 Å². The van der Waals surface area contributed by atoms with E-state index in [0.29, 0.717) is 23.7 Å². The van der Waals surface area contributed by atoms with Gasteiger partial charge in [-0.3, -0.25) is 0 Å². The molecule has 1 aromatic carbocycles. The maximum absolute atomic E-state index is 11.4. The van der Waals surface area contributed by atoms with Crippen molar-refractivity contribution in [1.82, 2.24) is 0 Å². The van der Waals surface area contributed by atoms with Crippen molar-refractivity contribution < 1.29 is 13.9 Å². The summed E-state index contributed by atoms with van der Waals surface area (Å²) in [4.78, 5) is 11.4. The number of methoxy groups -OCH3 is 1. The molecule has 0 amide bonds. The molecule has 0 radical (unpaired) electrons. The second-order valence-corrected chi connectivity index (χ2v) is 5.18. The summed E-state index contributed by atoms with van der Waals surface area (Å²) in [5.74, 6) is 1.22. The molecule has 0 saturated carbocycles. The van der Waals surface area contributed by atoms with Crippen LogP contribution in [0.15, 0.2) is 33.5 Å². The molecular weight excluding hydrogens is 324 g/mol. The summed E-state index contributed by atoms with van der Waals surface area (Å²) >= 11 is 3.40. The Hall–Kier alpha value is -1.49. The Morgan fingerprint density at radius 3 is 2.80 bits per heavy atom. The number of halogens is 1. The number of hydrogen-bond donors (Lipinski definition) is 0. The number of hydrogen-bond acceptors (Lipinski definition) is 4. The van der Waals surface area contributed by atoms with Gasteiger partial charge in [0.1, 0.15) is 17.1 Å². The minimum atomic E-state index is -0.427. The maximum Gasteiger partial charge on any atom is 0.339 e. The lowest BCUT2D eigenvalue weighted by atomic mass is 10.2. The third kappa shape index (κ3) is 3.76. The van der Waals surface area contributed by atoms with Gasteiger partial charge in [-0.25, -0.2) is 4.79 Å². The van der Waals surface area contributed by atoms with Crippen molar-refractivity contribution in [2.75, 3.05) is 19.0 Å². The summed E-state index contributed by atoms with van der Waals surface area (Å²) in [6, 6.07) is 6.76. The minimum Gasteiger partial charge on any atom is -0.496 e. The zero-order valence-corrected chi connectivity index (χ0v) is 12.9. The van der Waals surface area contributed by atoms with Crippen molar-refractivity contribution in [2.45, 2.75) is 19.3 Å². The highest BCUT2D eigenvalue weighted by Crippen LogP contribution is 2.27. The number of benzene rings is 1. The lowest BCUT2D eigenvalue weighted by molar-refractivity contribution is 0.306. The van der Waals surface area contributed by atoms with Crippen molar-refractivity contribution in [3.05, 3.63) is 34.7 Å². The Labute approximate surface area is 125 Å². The van der Waals surface area contributed by atoms with Gasteiger partial charge in [-0.15, -0.1) is 0 Å². The van der Waals surface area contributed by atoms with Crippen LogP contribution in [0.4, 0.5) is 0 Å². The van der Waals surface area contributed by atoms with Gasteiger partial charge in [-0.1, -0.05) is 15.9 Å². The Kier molecular flexibility index (Phi) is 5.47. The van der Waals surface area contributed by atoms with E-state index in [2.05, 4.69) is 15.9 Å². The van der Waals surface area contributed by atoms with Gasteiger partial charge in [0.15, 0.2) is 0 Å². The molecule has 0 spiro atoms. The number of unbranched alkanes of at least 4 members (excludes halogenated alkanes) is 2. The van der Waals surface area contributed by atoms with Crippen LogP contribution in [0.1, 0.15) is 19.3 Å². The van der Waals surface area contributed by atoms with Gasteiger partial charge in [0, 0.05) is 11.4 Å². The van der Waals surface area contributed by atoms with E-state index >= 15 is 0 Å². The maximum atomic E-state index is 11.4. The predicted octanol–water partition coefficient (Wildman–Crippen LogP) is 3.75. The van der Waals surface area contributed by atoms with Gasteiger partial charge >= 0.3 is 5.63 Å². The van der Waals surface area contributed by atoms with Gasteiger partial charge < -0.3 is 13.9 Å². The van der Waals surface area contributed by atoms with Gasteiger partial charge in [0.2, 0.25) is 0 Å². The van der Waals surface area contributed by atoms with Crippen LogP contribution in [-0.4, -0.2) is 19.0 Å². The van der Waals surface area contributed by atoms with Crippen LogP contribution in [0.25, 0.3) is 11.0 Å². The number of alkyl halides is 1. The highest BCUT2D eigenvalue weighted by molar-refractivity contribution is 9.09. The second-order valence-electron chi connectivity index (χ2n) is 4.39. The fraction of sp³-hybridized carbons (Fsp3) is 0.400. The Bertz CT molecular complexity index is 621. The molecule has 2 rings (SSSR count). The highest BCUT2D eigenvalue weighted by Gasteiger charge is 2.07. The van der Waals surface area contributed by atoms with E-state index in [9.17, 15) is 4.79 Å². The van der Waals surface area contributed by atoms with Crippen molar-refractivity contribution >= 4 is 26.9 Å². The van der Waals surface area contributed by atoms with Crippen LogP contribution in [0.3, 0.4) is 0 Å². The number of ether oxygens (including phenoxy) is 2. The van der Waals surface area contributed by atoms with Crippen LogP contribution >= 0.6 is 15.9 Å². The Morgan fingerprint density at radius 2 is 2.05 bits per heavy atom. The van der Waals surface area contributed by atoms with E-state index < -0.39 is 5.63 Å². The number of fused-ring (bicyclic) bond motifs is 1. The molecule has 20 heavy (non-hydrogen) atoms. The average Bonchev–Trinajstić information content (AvgIpc) is 2.45. The first-order chi connectivity index (χ1) is 9.74. The molecule has 0 bridgehead atoms. The van der Waals surface area contributed by atoms with Gasteiger partial charge in [-0.2, -0.15) is 0 Å². The molecule has 0 aliphatic rings. The first-order valence-electron chi connectivity index (χ1n) is 6.55. The summed E-state index contributed by atoms with van der Waals surface area (Å²) < 4.78 is 16.0. The van der Waals surface area contributed by atoms with E-state index in [1.807, 2.05) is 12.1 Å². The number of rotatable bonds is 7. The van der Waals surface area contributed by atoms with E-state index in [0.717, 1.165) is 30.0 Å². The first kappa shape index (κ1) is 14.9. The SMILES string of the molecule is COc1cc(=O)oc2cc(OCCCCCBr)ccc12. The smallest absolute Gasteiger partial charge is 0.339 e. The molecule has 1 heterocycles.